The third-order valence-corrected chi connectivity index (χ3v) is 5.01. The molecule has 0 aliphatic rings. The van der Waals surface area contributed by atoms with E-state index in [1.807, 2.05) is 33.3 Å². The van der Waals surface area contributed by atoms with E-state index in [0.29, 0.717) is 23.6 Å². The highest BCUT2D eigenvalue weighted by molar-refractivity contribution is 5.95. The highest BCUT2D eigenvalue weighted by Gasteiger charge is 2.20. The predicted molar refractivity (Wildman–Crippen MR) is 111 cm³/mol. The number of carbonyl (C=O) groups excluding carboxylic acids is 1. The monoisotopic (exact) mass is 381 g/mol. The molecule has 0 fully saturated rings. The molecule has 0 saturated carbocycles. The van der Waals surface area contributed by atoms with E-state index in [0.717, 1.165) is 0 Å². The van der Waals surface area contributed by atoms with Crippen LogP contribution in [0.1, 0.15) is 22.0 Å². The second-order valence-corrected chi connectivity index (χ2v) is 6.97. The Morgan fingerprint density at radius 3 is 2.50 bits per heavy atom. The molecule has 1 unspecified atom stereocenters. The Labute approximate surface area is 165 Å². The Kier molecular flexibility index (Phi) is 5.90. The summed E-state index contributed by atoms with van der Waals surface area (Å²) in [5.41, 5.74) is 2.90. The van der Waals surface area contributed by atoms with Crippen molar-refractivity contribution in [2.24, 2.45) is 7.05 Å². The van der Waals surface area contributed by atoms with Gasteiger partial charge in [0.05, 0.1) is 20.3 Å². The quantitative estimate of drug-likeness (QED) is 0.683. The van der Waals surface area contributed by atoms with Gasteiger partial charge in [0.15, 0.2) is 11.5 Å². The highest BCUT2D eigenvalue weighted by Crippen LogP contribution is 2.29. The van der Waals surface area contributed by atoms with Crippen LogP contribution in [0.2, 0.25) is 0 Å². The van der Waals surface area contributed by atoms with E-state index in [1.54, 1.807) is 32.4 Å². The number of methoxy groups -OCH3 is 2. The first-order valence-electron chi connectivity index (χ1n) is 9.17. The summed E-state index contributed by atoms with van der Waals surface area (Å²) in [4.78, 5) is 14.8. The molecule has 0 bridgehead atoms. The van der Waals surface area contributed by atoms with Crippen molar-refractivity contribution >= 4 is 16.8 Å². The molecular weight excluding hydrogens is 354 g/mol. The van der Waals surface area contributed by atoms with E-state index in [9.17, 15) is 4.79 Å². The lowest BCUT2D eigenvalue weighted by atomic mass is 10.0. The van der Waals surface area contributed by atoms with Gasteiger partial charge in [0, 0.05) is 36.3 Å². The zero-order valence-electron chi connectivity index (χ0n) is 17.0. The lowest BCUT2D eigenvalue weighted by Crippen LogP contribution is -2.34. The molecular formula is C22H27N3O3. The maximum atomic E-state index is 12.7. The number of nitrogens with one attached hydrogen (secondary N) is 1. The van der Waals surface area contributed by atoms with Crippen molar-refractivity contribution in [3.8, 4) is 11.5 Å². The molecule has 148 valence electrons. The number of hydrogen-bond donors (Lipinski definition) is 1. The van der Waals surface area contributed by atoms with E-state index in [-0.39, 0.29) is 11.9 Å². The second-order valence-electron chi connectivity index (χ2n) is 6.97. The summed E-state index contributed by atoms with van der Waals surface area (Å²) in [6.45, 7) is 0.494. The minimum absolute atomic E-state index is 0.0511. The number of rotatable bonds is 7. The molecule has 6 heteroatoms. The standard InChI is InChI=1S/C22H27N3O3/c1-24(2)19(17-14-25(3)18-9-7-6-8-16(17)18)13-23-22(26)15-10-11-20(27-4)21(12-15)28-5/h6-12,14,19H,13H2,1-5H3,(H,23,26). The van der Waals surface area contributed by atoms with Crippen LogP contribution in [0.5, 0.6) is 11.5 Å². The molecule has 0 spiro atoms. The van der Waals surface area contributed by atoms with Crippen LogP contribution in [0.3, 0.4) is 0 Å². The third kappa shape index (κ3) is 3.82. The summed E-state index contributed by atoms with van der Waals surface area (Å²) < 4.78 is 12.7. The molecule has 1 atom stereocenters. The van der Waals surface area contributed by atoms with Crippen molar-refractivity contribution in [3.63, 3.8) is 0 Å². The Morgan fingerprint density at radius 2 is 1.82 bits per heavy atom. The van der Waals surface area contributed by atoms with Crippen LogP contribution in [-0.4, -0.2) is 50.2 Å². The molecule has 3 rings (SSSR count). The van der Waals surface area contributed by atoms with Gasteiger partial charge in [-0.15, -0.1) is 0 Å². The van der Waals surface area contributed by atoms with Crippen LogP contribution in [0, 0.1) is 0 Å². The number of hydrogen-bond acceptors (Lipinski definition) is 4. The Bertz CT molecular complexity index is 978. The number of nitrogens with zero attached hydrogens (tertiary/aromatic N) is 2. The van der Waals surface area contributed by atoms with E-state index in [2.05, 4.69) is 33.1 Å². The molecule has 28 heavy (non-hydrogen) atoms. The average molecular weight is 381 g/mol. The molecule has 3 aromatic rings. The van der Waals surface area contributed by atoms with Crippen LogP contribution >= 0.6 is 0 Å². The molecule has 0 aliphatic heterocycles. The molecule has 1 aromatic heterocycles. The van der Waals surface area contributed by atoms with E-state index in [1.165, 1.54) is 16.5 Å². The number of aryl methyl sites for hydroxylation is 1. The van der Waals surface area contributed by atoms with Crippen molar-refractivity contribution < 1.29 is 14.3 Å². The third-order valence-electron chi connectivity index (χ3n) is 5.01. The van der Waals surface area contributed by atoms with Crippen LogP contribution < -0.4 is 14.8 Å². The first-order valence-corrected chi connectivity index (χ1v) is 9.17. The Morgan fingerprint density at radius 1 is 1.11 bits per heavy atom. The average Bonchev–Trinajstić information content (AvgIpc) is 3.04. The minimum Gasteiger partial charge on any atom is -0.493 e. The van der Waals surface area contributed by atoms with E-state index < -0.39 is 0 Å². The van der Waals surface area contributed by atoms with Gasteiger partial charge in [0.1, 0.15) is 0 Å². The molecule has 1 N–H and O–H groups in total. The first-order chi connectivity index (χ1) is 13.5. The number of carbonyl (C=O) groups is 1. The van der Waals surface area contributed by atoms with Crippen molar-refractivity contribution in [2.45, 2.75) is 6.04 Å². The van der Waals surface area contributed by atoms with Gasteiger partial charge in [0.25, 0.3) is 5.91 Å². The molecule has 1 amide bonds. The van der Waals surface area contributed by atoms with Crippen molar-refractivity contribution in [1.29, 1.82) is 0 Å². The van der Waals surface area contributed by atoms with Crippen molar-refractivity contribution in [2.75, 3.05) is 34.9 Å². The molecule has 0 aliphatic carbocycles. The van der Waals surface area contributed by atoms with E-state index >= 15 is 0 Å². The normalized spacial score (nSPS) is 12.2. The predicted octanol–water partition coefficient (Wildman–Crippen LogP) is 3.23. The number of amides is 1. The minimum atomic E-state index is -0.145. The number of para-hydroxylation sites is 1. The van der Waals surface area contributed by atoms with Gasteiger partial charge < -0.3 is 24.3 Å². The topological polar surface area (TPSA) is 55.7 Å². The van der Waals surface area contributed by atoms with Gasteiger partial charge in [-0.2, -0.15) is 0 Å². The summed E-state index contributed by atoms with van der Waals surface area (Å²) in [6.07, 6.45) is 2.14. The van der Waals surface area contributed by atoms with Crippen molar-refractivity contribution in [3.05, 3.63) is 59.8 Å². The Balaban J connectivity index is 1.81. The van der Waals surface area contributed by atoms with Gasteiger partial charge >= 0.3 is 0 Å². The summed E-state index contributed by atoms with van der Waals surface area (Å²) in [5.74, 6) is 0.988. The second kappa shape index (κ2) is 8.35. The van der Waals surface area contributed by atoms with Gasteiger partial charge in [-0.25, -0.2) is 0 Å². The first kappa shape index (κ1) is 19.8. The van der Waals surface area contributed by atoms with Gasteiger partial charge in [-0.3, -0.25) is 4.79 Å². The molecule has 6 nitrogen and oxygen atoms in total. The molecule has 1 heterocycles. The maximum Gasteiger partial charge on any atom is 0.251 e. The molecule has 2 aromatic carbocycles. The van der Waals surface area contributed by atoms with Crippen LogP contribution in [0.4, 0.5) is 0 Å². The van der Waals surface area contributed by atoms with E-state index in [4.69, 9.17) is 9.47 Å². The SMILES string of the molecule is COc1ccc(C(=O)NCC(c2cn(C)c3ccccc23)N(C)C)cc1OC. The maximum absolute atomic E-state index is 12.7. The number of benzene rings is 2. The number of fused-ring (bicyclic) bond motifs is 1. The zero-order valence-corrected chi connectivity index (χ0v) is 17.0. The smallest absolute Gasteiger partial charge is 0.251 e. The van der Waals surface area contributed by atoms with Gasteiger partial charge in [0.2, 0.25) is 0 Å². The number of likely N-dealkylation sites (N-methyl/N-ethyl adjacent to an activating group) is 1. The number of ether oxygens (including phenoxy) is 2. The van der Waals surface area contributed by atoms with Gasteiger partial charge in [-0.05, 0) is 43.9 Å². The Hall–Kier alpha value is -2.99. The summed E-state index contributed by atoms with van der Waals surface area (Å²) in [7, 11) is 9.22. The van der Waals surface area contributed by atoms with Crippen LogP contribution in [0.25, 0.3) is 10.9 Å². The summed E-state index contributed by atoms with van der Waals surface area (Å²) in [6, 6.07) is 13.5. The molecule has 0 saturated heterocycles. The van der Waals surface area contributed by atoms with Crippen molar-refractivity contribution in [1.82, 2.24) is 14.8 Å². The fourth-order valence-corrected chi connectivity index (χ4v) is 3.48. The fraction of sp³-hybridized carbons (Fsp3) is 0.318. The fourth-order valence-electron chi connectivity index (χ4n) is 3.48. The largest absolute Gasteiger partial charge is 0.493 e. The lowest BCUT2D eigenvalue weighted by Gasteiger charge is -2.24. The van der Waals surface area contributed by atoms with Crippen LogP contribution in [-0.2, 0) is 7.05 Å². The summed E-state index contributed by atoms with van der Waals surface area (Å²) in [5, 5.41) is 4.25. The highest BCUT2D eigenvalue weighted by atomic mass is 16.5. The molecule has 0 radical (unpaired) electrons. The zero-order chi connectivity index (χ0) is 20.3. The number of aromatic nitrogens is 1. The summed E-state index contributed by atoms with van der Waals surface area (Å²) >= 11 is 0. The lowest BCUT2D eigenvalue weighted by molar-refractivity contribution is 0.0941. The van der Waals surface area contributed by atoms with Crippen LogP contribution in [0.15, 0.2) is 48.7 Å². The van der Waals surface area contributed by atoms with Gasteiger partial charge in [-0.1, -0.05) is 18.2 Å².